The van der Waals surface area contributed by atoms with Gasteiger partial charge in [0, 0.05) is 0 Å². The summed E-state index contributed by atoms with van der Waals surface area (Å²) >= 11 is 0. The van der Waals surface area contributed by atoms with Crippen LogP contribution in [0.1, 0.15) is 25.7 Å². The quantitative estimate of drug-likeness (QED) is 0.291. The Labute approximate surface area is 202 Å². The van der Waals surface area contributed by atoms with Crippen LogP contribution in [-0.4, -0.2) is 70.0 Å². The van der Waals surface area contributed by atoms with Gasteiger partial charge in [-0.25, -0.2) is 0 Å². The first-order valence-corrected chi connectivity index (χ1v) is 22.6. The minimum Gasteiger partial charge on any atom is -0.458 e. The van der Waals surface area contributed by atoms with Gasteiger partial charge >= 0.3 is 40.2 Å². The molecule has 1 amide bonds. The molecule has 13 heteroatoms. The molecule has 3 atom stereocenters. The fourth-order valence-corrected chi connectivity index (χ4v) is 26.6. The molecule has 0 aromatic rings. The summed E-state index contributed by atoms with van der Waals surface area (Å²) < 4.78 is 31.6. The van der Waals surface area contributed by atoms with Crippen LogP contribution < -0.4 is 5.32 Å². The van der Waals surface area contributed by atoms with Crippen molar-refractivity contribution in [3.8, 4) is 0 Å². The maximum Gasteiger partial charge on any atom is 0.325 e. The third-order valence-electron chi connectivity index (χ3n) is 5.65. The summed E-state index contributed by atoms with van der Waals surface area (Å²) in [6.45, 7) is 17.5. The molecule has 1 aliphatic carbocycles. The number of aliphatic hydroxyl groups excluding tert-OH is 1. The zero-order chi connectivity index (χ0) is 25.1. The Kier molecular flexibility index (Phi) is 9.48. The van der Waals surface area contributed by atoms with Gasteiger partial charge in [-0.2, -0.15) is 0 Å². The van der Waals surface area contributed by atoms with E-state index < -0.39 is 58.3 Å². The van der Waals surface area contributed by atoms with Crippen LogP contribution in [-0.2, 0) is 30.8 Å². The van der Waals surface area contributed by atoms with Gasteiger partial charge in [-0.05, 0) is 89.6 Å². The highest BCUT2D eigenvalue weighted by atomic mass is 28.5. The van der Waals surface area contributed by atoms with Crippen LogP contribution in [0.2, 0.25) is 51.9 Å². The number of hydrogen-bond donors (Lipinski definition) is 2. The number of ether oxygens (including phenoxy) is 1. The molecule has 2 N–H and O–H groups in total. The van der Waals surface area contributed by atoms with Crippen LogP contribution in [0.25, 0.3) is 0 Å². The number of nitrogens with one attached hydrogen (secondary N) is 1. The molecule has 3 unspecified atom stereocenters. The molecule has 0 bridgehead atoms. The maximum absolute atomic E-state index is 12.1. The standard InChI is InChI=1S/C20H41NO8Si4/c1-9-19(23)21-15-20(24)25-18-14-16(10-11-17(18)22)12-13-33(8)28-31(4,5)26-30(2,3)27-32(6,7)29-33/h9,16-18,22H,1,10-15H2,2-8H3,(H,21,23). The van der Waals surface area contributed by atoms with Gasteiger partial charge in [0.25, 0.3) is 0 Å². The van der Waals surface area contributed by atoms with E-state index in [0.29, 0.717) is 12.8 Å². The highest BCUT2D eigenvalue weighted by Gasteiger charge is 2.52. The topological polar surface area (TPSA) is 113 Å². The van der Waals surface area contributed by atoms with Crippen LogP contribution in [0, 0.1) is 5.92 Å². The summed E-state index contributed by atoms with van der Waals surface area (Å²) in [5.41, 5.74) is 0. The molecule has 1 aliphatic heterocycles. The minimum absolute atomic E-state index is 0.246. The lowest BCUT2D eigenvalue weighted by Crippen LogP contribution is -2.65. The first kappa shape index (κ1) is 28.6. The highest BCUT2D eigenvalue weighted by Crippen LogP contribution is 2.36. The van der Waals surface area contributed by atoms with Gasteiger partial charge in [-0.3, -0.25) is 9.59 Å². The molecule has 2 fully saturated rings. The summed E-state index contributed by atoms with van der Waals surface area (Å²) in [4.78, 5) is 23.3. The number of aliphatic hydroxyl groups is 1. The Morgan fingerprint density at radius 3 is 2.09 bits per heavy atom. The predicted molar refractivity (Wildman–Crippen MR) is 134 cm³/mol. The number of amides is 1. The molecule has 2 rings (SSSR count). The van der Waals surface area contributed by atoms with Gasteiger partial charge in [-0.15, -0.1) is 0 Å². The van der Waals surface area contributed by atoms with E-state index in [2.05, 4.69) is 44.6 Å². The van der Waals surface area contributed by atoms with Crippen LogP contribution in [0.3, 0.4) is 0 Å². The number of esters is 1. The maximum atomic E-state index is 12.1. The van der Waals surface area contributed by atoms with Crippen molar-refractivity contribution in [1.82, 2.24) is 5.32 Å². The molecule has 190 valence electrons. The molecule has 0 aromatic carbocycles. The number of hydrogen-bond acceptors (Lipinski definition) is 8. The van der Waals surface area contributed by atoms with E-state index in [1.807, 2.05) is 13.1 Å². The summed E-state index contributed by atoms with van der Waals surface area (Å²) in [6.07, 6.45) is 2.65. The number of carbonyl (C=O) groups excluding carboxylic acids is 2. The normalized spacial score (nSPS) is 30.4. The Morgan fingerprint density at radius 2 is 1.55 bits per heavy atom. The summed E-state index contributed by atoms with van der Waals surface area (Å²) in [5.74, 6) is -0.731. The number of carbonyl (C=O) groups is 2. The lowest BCUT2D eigenvalue weighted by Gasteiger charge is -2.47. The first-order chi connectivity index (χ1) is 15.0. The molecule has 2 aliphatic rings. The van der Waals surface area contributed by atoms with Crippen molar-refractivity contribution < 1.29 is 35.9 Å². The molecule has 0 spiro atoms. The van der Waals surface area contributed by atoms with E-state index in [9.17, 15) is 14.7 Å². The van der Waals surface area contributed by atoms with Crippen molar-refractivity contribution in [3.05, 3.63) is 12.7 Å². The van der Waals surface area contributed by atoms with Crippen molar-refractivity contribution in [3.63, 3.8) is 0 Å². The second-order valence-corrected chi connectivity index (χ2v) is 24.9. The van der Waals surface area contributed by atoms with Crippen LogP contribution in [0.4, 0.5) is 0 Å². The van der Waals surface area contributed by atoms with Gasteiger partial charge in [0.2, 0.25) is 5.91 Å². The van der Waals surface area contributed by atoms with Crippen LogP contribution in [0.15, 0.2) is 12.7 Å². The van der Waals surface area contributed by atoms with Crippen molar-refractivity contribution in [1.29, 1.82) is 0 Å². The summed E-state index contributed by atoms with van der Waals surface area (Å²) in [5, 5.41) is 12.7. The Morgan fingerprint density at radius 1 is 1.00 bits per heavy atom. The summed E-state index contributed by atoms with van der Waals surface area (Å²) in [6, 6.07) is 0.783. The van der Waals surface area contributed by atoms with Gasteiger partial charge in [0.05, 0.1) is 6.10 Å². The van der Waals surface area contributed by atoms with Gasteiger partial charge in [0.1, 0.15) is 12.6 Å². The zero-order valence-electron chi connectivity index (χ0n) is 21.1. The summed E-state index contributed by atoms with van der Waals surface area (Å²) in [7, 11) is -9.72. The van der Waals surface area contributed by atoms with Crippen molar-refractivity contribution >= 4 is 46.1 Å². The fraction of sp³-hybridized carbons (Fsp3) is 0.800. The Balaban J connectivity index is 1.98. The molecular formula is C20H41NO8Si4. The third kappa shape index (κ3) is 9.49. The third-order valence-corrected chi connectivity index (χ3v) is 22.1. The van der Waals surface area contributed by atoms with Crippen molar-refractivity contribution in [2.24, 2.45) is 5.92 Å². The second kappa shape index (κ2) is 10.9. The second-order valence-electron chi connectivity index (χ2n) is 10.5. The molecule has 1 heterocycles. The fourth-order valence-electron chi connectivity index (χ4n) is 4.90. The molecule has 1 saturated carbocycles. The monoisotopic (exact) mass is 535 g/mol. The smallest absolute Gasteiger partial charge is 0.325 e. The van der Waals surface area contributed by atoms with E-state index in [-0.39, 0.29) is 12.5 Å². The van der Waals surface area contributed by atoms with Gasteiger partial charge in [0.15, 0.2) is 0 Å². The first-order valence-electron chi connectivity index (χ1n) is 11.6. The van der Waals surface area contributed by atoms with E-state index >= 15 is 0 Å². The SMILES string of the molecule is C=CC(=O)NCC(=O)OC1CC(CC[Si]2(C)O[Si](C)(C)O[Si](C)(C)O[Si](C)(C)O2)CCC1O. The number of rotatable bonds is 7. The van der Waals surface area contributed by atoms with Gasteiger partial charge in [-0.1, -0.05) is 6.58 Å². The lowest BCUT2D eigenvalue weighted by atomic mass is 9.84. The van der Waals surface area contributed by atoms with Crippen molar-refractivity contribution in [2.75, 3.05) is 6.54 Å². The van der Waals surface area contributed by atoms with E-state index in [4.69, 9.17) is 21.2 Å². The zero-order valence-corrected chi connectivity index (χ0v) is 25.1. The molecule has 0 radical (unpaired) electrons. The van der Waals surface area contributed by atoms with Crippen molar-refractivity contribution in [2.45, 2.75) is 89.8 Å². The van der Waals surface area contributed by atoms with E-state index in [0.717, 1.165) is 25.0 Å². The van der Waals surface area contributed by atoms with E-state index in [1.54, 1.807) is 0 Å². The minimum atomic E-state index is -2.57. The van der Waals surface area contributed by atoms with Crippen LogP contribution in [0.5, 0.6) is 0 Å². The van der Waals surface area contributed by atoms with Gasteiger partial charge < -0.3 is 31.6 Å². The molecule has 9 nitrogen and oxygen atoms in total. The Hall–Kier alpha value is -0.652. The average molecular weight is 536 g/mol. The molecule has 0 aromatic heterocycles. The Bertz CT molecular complexity index is 711. The molecule has 33 heavy (non-hydrogen) atoms. The molecular weight excluding hydrogens is 495 g/mol. The lowest BCUT2D eigenvalue weighted by molar-refractivity contribution is -0.158. The molecule has 1 saturated heterocycles. The van der Waals surface area contributed by atoms with Crippen LogP contribution >= 0.6 is 0 Å². The average Bonchev–Trinajstić information content (AvgIpc) is 2.62. The van der Waals surface area contributed by atoms with E-state index in [1.165, 1.54) is 0 Å². The largest absolute Gasteiger partial charge is 0.458 e. The predicted octanol–water partition coefficient (Wildman–Crippen LogP) is 3.01. The highest BCUT2D eigenvalue weighted by molar-refractivity contribution is 6.93.